The summed E-state index contributed by atoms with van der Waals surface area (Å²) in [4.78, 5) is 38.2. The van der Waals surface area contributed by atoms with Gasteiger partial charge < -0.3 is 10.2 Å². The van der Waals surface area contributed by atoms with E-state index in [0.29, 0.717) is 13.0 Å². The van der Waals surface area contributed by atoms with Crippen molar-refractivity contribution in [1.29, 1.82) is 0 Å². The van der Waals surface area contributed by atoms with Crippen LogP contribution in [0.1, 0.15) is 37.8 Å². The topological polar surface area (TPSA) is 110 Å². The Kier molecular flexibility index (Phi) is 5.98. The highest BCUT2D eigenvalue weighted by molar-refractivity contribution is 9.10. The molecule has 0 spiro atoms. The summed E-state index contributed by atoms with van der Waals surface area (Å²) in [5.41, 5.74) is 1.43. The number of nitro groups is 1. The van der Waals surface area contributed by atoms with Gasteiger partial charge in [0, 0.05) is 16.7 Å². The Labute approximate surface area is 182 Å². The van der Waals surface area contributed by atoms with E-state index in [1.807, 2.05) is 26.0 Å². The number of hydrogen-bond acceptors (Lipinski definition) is 5. The zero-order valence-electron chi connectivity index (χ0n) is 17.3. The Morgan fingerprint density at radius 2 is 1.97 bits per heavy atom. The zero-order valence-corrected chi connectivity index (χ0v) is 18.9. The summed E-state index contributed by atoms with van der Waals surface area (Å²) in [6.45, 7) is 7.70. The molecule has 0 radical (unpaired) electrons. The molecule has 2 heterocycles. The summed E-state index contributed by atoms with van der Waals surface area (Å²) >= 11 is 3.47. The largest absolute Gasteiger partial charge is 0.342 e. The number of rotatable bonds is 5. The van der Waals surface area contributed by atoms with Crippen LogP contribution in [-0.4, -0.2) is 39.1 Å². The van der Waals surface area contributed by atoms with Crippen molar-refractivity contribution < 1.29 is 14.5 Å². The lowest BCUT2D eigenvalue weighted by Crippen LogP contribution is -2.56. The normalized spacial score (nSPS) is 17.2. The first kappa shape index (κ1) is 21.9. The van der Waals surface area contributed by atoms with Gasteiger partial charge in [-0.1, -0.05) is 15.9 Å². The molecule has 1 saturated heterocycles. The molecule has 2 amide bonds. The van der Waals surface area contributed by atoms with Crippen molar-refractivity contribution in [2.24, 2.45) is 0 Å². The van der Waals surface area contributed by atoms with Gasteiger partial charge in [-0.05, 0) is 63.8 Å². The summed E-state index contributed by atoms with van der Waals surface area (Å²) < 4.78 is 2.19. The van der Waals surface area contributed by atoms with E-state index in [1.54, 1.807) is 18.7 Å². The Balaban J connectivity index is 1.80. The molecular weight excluding hydrogens is 454 g/mol. The van der Waals surface area contributed by atoms with Crippen LogP contribution in [0.5, 0.6) is 0 Å². The van der Waals surface area contributed by atoms with Gasteiger partial charge in [0.15, 0.2) is 0 Å². The number of carbonyl (C=O) groups is 2. The first-order valence-corrected chi connectivity index (χ1v) is 10.4. The van der Waals surface area contributed by atoms with E-state index in [0.717, 1.165) is 33.9 Å². The highest BCUT2D eigenvalue weighted by atomic mass is 79.9. The molecule has 1 aliphatic rings. The van der Waals surface area contributed by atoms with Crippen molar-refractivity contribution in [1.82, 2.24) is 15.1 Å². The van der Waals surface area contributed by atoms with Crippen LogP contribution in [0.4, 0.5) is 11.4 Å². The van der Waals surface area contributed by atoms with E-state index in [9.17, 15) is 19.7 Å². The summed E-state index contributed by atoms with van der Waals surface area (Å²) in [5, 5.41) is 17.7. The third kappa shape index (κ3) is 4.09. The minimum Gasteiger partial charge on any atom is -0.342 e. The van der Waals surface area contributed by atoms with Gasteiger partial charge in [0.05, 0.1) is 4.92 Å². The van der Waals surface area contributed by atoms with Crippen molar-refractivity contribution >= 4 is 39.1 Å². The van der Waals surface area contributed by atoms with Gasteiger partial charge >= 0.3 is 5.69 Å². The molecule has 1 aliphatic heterocycles. The number of nitrogens with zero attached hydrogens (tertiary/aromatic N) is 4. The van der Waals surface area contributed by atoms with Gasteiger partial charge in [0.1, 0.15) is 24.0 Å². The van der Waals surface area contributed by atoms with Crippen molar-refractivity contribution in [3.05, 3.63) is 50.2 Å². The number of benzene rings is 1. The van der Waals surface area contributed by atoms with Crippen LogP contribution >= 0.6 is 15.9 Å². The maximum atomic E-state index is 13.2. The molecule has 0 saturated carbocycles. The third-order valence-corrected chi connectivity index (χ3v) is 5.84. The minimum atomic E-state index is -1.19. The fraction of sp³-hybridized carbons (Fsp3) is 0.450. The van der Waals surface area contributed by atoms with Crippen molar-refractivity contribution in [2.75, 3.05) is 11.4 Å². The van der Waals surface area contributed by atoms with Gasteiger partial charge in [0.2, 0.25) is 11.8 Å². The standard InChI is InChI=1S/C20H24BrN5O4/c1-12-8-14(21)9-13(2)17(12)24-7-5-6-16(18(24)27)23-19(28)20(3,4)25-11-15(10-22-25)26(29)30/h8-11,16H,5-7H2,1-4H3,(H,23,28). The minimum absolute atomic E-state index is 0.162. The molecule has 1 aromatic heterocycles. The fourth-order valence-corrected chi connectivity index (χ4v) is 4.40. The predicted octanol–water partition coefficient (Wildman–Crippen LogP) is 3.22. The molecule has 3 rings (SSSR count). The van der Waals surface area contributed by atoms with Crippen LogP contribution in [0.3, 0.4) is 0 Å². The lowest BCUT2D eigenvalue weighted by Gasteiger charge is -2.36. The second-order valence-corrected chi connectivity index (χ2v) is 8.92. The summed E-state index contributed by atoms with van der Waals surface area (Å²) in [5.74, 6) is -0.588. The molecule has 0 aliphatic carbocycles. The average Bonchev–Trinajstić information content (AvgIpc) is 3.15. The molecule has 9 nitrogen and oxygen atoms in total. The van der Waals surface area contributed by atoms with Crippen LogP contribution < -0.4 is 10.2 Å². The molecule has 1 aromatic carbocycles. The molecule has 160 valence electrons. The number of piperidine rings is 1. The Morgan fingerprint density at radius 3 is 2.53 bits per heavy atom. The molecule has 30 heavy (non-hydrogen) atoms. The van der Waals surface area contributed by atoms with Gasteiger partial charge in [-0.25, -0.2) is 0 Å². The van der Waals surface area contributed by atoms with E-state index < -0.39 is 22.4 Å². The number of aromatic nitrogens is 2. The number of nitrogens with one attached hydrogen (secondary N) is 1. The molecular formula is C20H24BrN5O4. The van der Waals surface area contributed by atoms with Crippen LogP contribution in [0.15, 0.2) is 29.0 Å². The zero-order chi connectivity index (χ0) is 22.2. The van der Waals surface area contributed by atoms with Gasteiger partial charge in [0.25, 0.3) is 0 Å². The number of carbonyl (C=O) groups excluding carboxylic acids is 2. The van der Waals surface area contributed by atoms with E-state index >= 15 is 0 Å². The Hall–Kier alpha value is -2.75. The molecule has 1 unspecified atom stereocenters. The van der Waals surface area contributed by atoms with Crippen molar-refractivity contribution in [3.63, 3.8) is 0 Å². The third-order valence-electron chi connectivity index (χ3n) is 5.38. The van der Waals surface area contributed by atoms with Gasteiger partial charge in [-0.3, -0.25) is 24.4 Å². The maximum absolute atomic E-state index is 13.2. The molecule has 1 atom stereocenters. The van der Waals surface area contributed by atoms with E-state index in [1.165, 1.54) is 10.9 Å². The summed E-state index contributed by atoms with van der Waals surface area (Å²) in [6.07, 6.45) is 3.59. The molecule has 2 aromatic rings. The van der Waals surface area contributed by atoms with E-state index in [4.69, 9.17) is 0 Å². The average molecular weight is 478 g/mol. The lowest BCUT2D eigenvalue weighted by atomic mass is 9.98. The lowest BCUT2D eigenvalue weighted by molar-refractivity contribution is -0.385. The monoisotopic (exact) mass is 477 g/mol. The second-order valence-electron chi connectivity index (χ2n) is 8.01. The molecule has 1 fully saturated rings. The number of hydrogen-bond donors (Lipinski definition) is 1. The Morgan fingerprint density at radius 1 is 1.33 bits per heavy atom. The van der Waals surface area contributed by atoms with Gasteiger partial charge in [-0.15, -0.1) is 0 Å². The first-order valence-electron chi connectivity index (χ1n) is 9.61. The van der Waals surface area contributed by atoms with Crippen LogP contribution in [0, 0.1) is 24.0 Å². The van der Waals surface area contributed by atoms with E-state index in [2.05, 4.69) is 26.3 Å². The Bertz CT molecular complexity index is 993. The van der Waals surface area contributed by atoms with Crippen LogP contribution in [0.25, 0.3) is 0 Å². The van der Waals surface area contributed by atoms with Crippen LogP contribution in [-0.2, 0) is 15.1 Å². The predicted molar refractivity (Wildman–Crippen MR) is 115 cm³/mol. The highest BCUT2D eigenvalue weighted by Gasteiger charge is 2.38. The fourth-order valence-electron chi connectivity index (χ4n) is 3.71. The quantitative estimate of drug-likeness (QED) is 0.524. The molecule has 1 N–H and O–H groups in total. The van der Waals surface area contributed by atoms with Crippen LogP contribution in [0.2, 0.25) is 0 Å². The molecule has 10 heteroatoms. The smallest absolute Gasteiger partial charge is 0.307 e. The highest BCUT2D eigenvalue weighted by Crippen LogP contribution is 2.31. The number of amides is 2. The summed E-state index contributed by atoms with van der Waals surface area (Å²) in [7, 11) is 0. The number of aryl methyl sites for hydroxylation is 2. The SMILES string of the molecule is Cc1cc(Br)cc(C)c1N1CCCC(NC(=O)C(C)(C)n2cc([N+](=O)[O-])cn2)C1=O. The first-order chi connectivity index (χ1) is 14.0. The van der Waals surface area contributed by atoms with Crippen molar-refractivity contribution in [2.45, 2.75) is 52.1 Å². The number of halogens is 1. The van der Waals surface area contributed by atoms with Crippen molar-refractivity contribution in [3.8, 4) is 0 Å². The second kappa shape index (κ2) is 8.17. The number of anilines is 1. The maximum Gasteiger partial charge on any atom is 0.307 e. The van der Waals surface area contributed by atoms with E-state index in [-0.39, 0.29) is 11.6 Å². The molecule has 0 bridgehead atoms. The van der Waals surface area contributed by atoms with Gasteiger partial charge in [-0.2, -0.15) is 5.10 Å². The summed E-state index contributed by atoms with van der Waals surface area (Å²) in [6, 6.07) is 3.26.